The number of amides is 1. The van der Waals surface area contributed by atoms with E-state index in [4.69, 9.17) is 16.3 Å². The molecule has 1 aromatic carbocycles. The molecule has 0 saturated carbocycles. The summed E-state index contributed by atoms with van der Waals surface area (Å²) < 4.78 is 41.3. The van der Waals surface area contributed by atoms with E-state index in [9.17, 15) is 18.0 Å². The normalized spacial score (nSPS) is 14.6. The molecule has 104 valence electrons. The molecule has 7 heteroatoms. The summed E-state index contributed by atoms with van der Waals surface area (Å²) in [6.07, 6.45) is -4.78. The molecule has 1 aromatic rings. The van der Waals surface area contributed by atoms with Gasteiger partial charge in [-0.2, -0.15) is 13.2 Å². The van der Waals surface area contributed by atoms with Gasteiger partial charge in [0.2, 0.25) is 0 Å². The van der Waals surface area contributed by atoms with Gasteiger partial charge in [0.15, 0.2) is 12.4 Å². The van der Waals surface area contributed by atoms with Gasteiger partial charge in [-0.1, -0.05) is 11.6 Å². The first-order chi connectivity index (χ1) is 8.85. The number of alkyl halides is 3. The Morgan fingerprint density at radius 1 is 1.37 bits per heavy atom. The average Bonchev–Trinajstić information content (AvgIpc) is 2.26. The molecule has 1 N–H and O–H groups in total. The maximum Gasteiger partial charge on any atom is 0.389 e. The molecule has 2 rings (SSSR count). The van der Waals surface area contributed by atoms with Crippen LogP contribution in [0.5, 0.6) is 5.75 Å². The number of fused-ring (bicyclic) bond motifs is 1. The van der Waals surface area contributed by atoms with Crippen LogP contribution in [0.25, 0.3) is 0 Å². The van der Waals surface area contributed by atoms with Crippen LogP contribution in [0, 0.1) is 0 Å². The van der Waals surface area contributed by atoms with Crippen molar-refractivity contribution < 1.29 is 22.7 Å². The van der Waals surface area contributed by atoms with E-state index in [1.165, 1.54) is 0 Å². The van der Waals surface area contributed by atoms with E-state index in [-0.39, 0.29) is 25.4 Å². The van der Waals surface area contributed by atoms with Crippen molar-refractivity contribution in [3.05, 3.63) is 22.7 Å². The summed E-state index contributed by atoms with van der Waals surface area (Å²) in [5.41, 5.74) is 1.05. The van der Waals surface area contributed by atoms with Crippen molar-refractivity contribution in [2.24, 2.45) is 0 Å². The second-order valence-electron chi connectivity index (χ2n) is 4.26. The molecule has 0 bridgehead atoms. The molecule has 1 amide bonds. The number of anilines is 1. The summed E-state index contributed by atoms with van der Waals surface area (Å²) in [5, 5.41) is 2.87. The van der Waals surface area contributed by atoms with Gasteiger partial charge in [-0.3, -0.25) is 4.79 Å². The van der Waals surface area contributed by atoms with Gasteiger partial charge in [0.05, 0.1) is 10.7 Å². The first-order valence-electron chi connectivity index (χ1n) is 5.67. The molecular formula is C12H11ClF3NO2. The zero-order valence-electron chi connectivity index (χ0n) is 9.81. The fourth-order valence-corrected chi connectivity index (χ4v) is 2.15. The molecule has 0 radical (unpaired) electrons. The van der Waals surface area contributed by atoms with E-state index < -0.39 is 12.6 Å². The quantitative estimate of drug-likeness (QED) is 0.925. The lowest BCUT2D eigenvalue weighted by Gasteiger charge is -2.20. The molecule has 1 heterocycles. The zero-order chi connectivity index (χ0) is 14.0. The first kappa shape index (κ1) is 14.0. The molecule has 0 aliphatic carbocycles. The van der Waals surface area contributed by atoms with Gasteiger partial charge in [0.1, 0.15) is 0 Å². The monoisotopic (exact) mass is 293 g/mol. The number of hydrogen-bond donors (Lipinski definition) is 1. The summed E-state index contributed by atoms with van der Waals surface area (Å²) in [6.45, 7) is -0.111. The van der Waals surface area contributed by atoms with E-state index in [0.717, 1.165) is 0 Å². The van der Waals surface area contributed by atoms with Crippen molar-refractivity contribution in [2.45, 2.75) is 25.4 Å². The number of nitrogens with one attached hydrogen (secondary N) is 1. The predicted molar refractivity (Wildman–Crippen MR) is 64.6 cm³/mol. The van der Waals surface area contributed by atoms with Gasteiger partial charge >= 0.3 is 6.18 Å². The molecule has 0 unspecified atom stereocenters. The molecule has 1 aliphatic heterocycles. The van der Waals surface area contributed by atoms with Gasteiger partial charge in [-0.05, 0) is 30.5 Å². The van der Waals surface area contributed by atoms with Crippen LogP contribution in [0.4, 0.5) is 18.9 Å². The van der Waals surface area contributed by atoms with Crippen molar-refractivity contribution in [1.29, 1.82) is 0 Å². The van der Waals surface area contributed by atoms with Gasteiger partial charge in [-0.25, -0.2) is 0 Å². The van der Waals surface area contributed by atoms with Crippen LogP contribution >= 0.6 is 11.6 Å². The highest BCUT2D eigenvalue weighted by Gasteiger charge is 2.26. The molecule has 0 aromatic heterocycles. The van der Waals surface area contributed by atoms with E-state index >= 15 is 0 Å². The lowest BCUT2D eigenvalue weighted by molar-refractivity contribution is -0.135. The number of aryl methyl sites for hydroxylation is 1. The second-order valence-corrected chi connectivity index (χ2v) is 4.67. The third kappa shape index (κ3) is 3.76. The van der Waals surface area contributed by atoms with Crippen LogP contribution in [0.15, 0.2) is 12.1 Å². The zero-order valence-corrected chi connectivity index (χ0v) is 10.6. The minimum atomic E-state index is -4.16. The number of hydrogen-bond acceptors (Lipinski definition) is 2. The van der Waals surface area contributed by atoms with Crippen molar-refractivity contribution >= 4 is 23.2 Å². The van der Waals surface area contributed by atoms with Crippen molar-refractivity contribution in [2.75, 3.05) is 11.9 Å². The summed E-state index contributed by atoms with van der Waals surface area (Å²) in [4.78, 5) is 11.2. The van der Waals surface area contributed by atoms with Crippen LogP contribution in [-0.2, 0) is 11.2 Å². The molecule has 19 heavy (non-hydrogen) atoms. The third-order valence-electron chi connectivity index (χ3n) is 2.65. The maximum absolute atomic E-state index is 12.1. The van der Waals surface area contributed by atoms with E-state index in [2.05, 4.69) is 5.32 Å². The molecule has 0 atom stereocenters. The van der Waals surface area contributed by atoms with Gasteiger partial charge in [0, 0.05) is 6.42 Å². The Morgan fingerprint density at radius 3 is 2.79 bits per heavy atom. The maximum atomic E-state index is 12.1. The minimum Gasteiger partial charge on any atom is -0.480 e. The SMILES string of the molecule is O=C1COc2c(Cl)cc(CCCC(F)(F)F)cc2N1. The van der Waals surface area contributed by atoms with Crippen LogP contribution in [-0.4, -0.2) is 18.7 Å². The number of benzene rings is 1. The third-order valence-corrected chi connectivity index (χ3v) is 2.93. The Hall–Kier alpha value is -1.43. The standard InChI is InChI=1S/C12H11ClF3NO2/c13-8-4-7(2-1-3-12(14,15)16)5-9-11(8)19-6-10(18)17-9/h4-5H,1-3,6H2,(H,17,18). The van der Waals surface area contributed by atoms with E-state index in [1.54, 1.807) is 12.1 Å². The Kier molecular flexibility index (Phi) is 3.89. The highest BCUT2D eigenvalue weighted by Crippen LogP contribution is 2.37. The largest absolute Gasteiger partial charge is 0.480 e. The lowest BCUT2D eigenvalue weighted by atomic mass is 10.1. The lowest BCUT2D eigenvalue weighted by Crippen LogP contribution is -2.25. The van der Waals surface area contributed by atoms with Crippen molar-refractivity contribution in [3.63, 3.8) is 0 Å². The first-order valence-corrected chi connectivity index (χ1v) is 6.05. The van der Waals surface area contributed by atoms with E-state index in [0.29, 0.717) is 22.0 Å². The summed E-state index contributed by atoms with van der Waals surface area (Å²) in [7, 11) is 0. The Bertz CT molecular complexity index is 502. The van der Waals surface area contributed by atoms with Crippen LogP contribution in [0.3, 0.4) is 0 Å². The van der Waals surface area contributed by atoms with E-state index in [1.807, 2.05) is 0 Å². The smallest absolute Gasteiger partial charge is 0.389 e. The average molecular weight is 294 g/mol. The van der Waals surface area contributed by atoms with Crippen LogP contribution in [0.2, 0.25) is 5.02 Å². The number of carbonyl (C=O) groups is 1. The van der Waals surface area contributed by atoms with Crippen molar-refractivity contribution in [1.82, 2.24) is 0 Å². The summed E-state index contributed by atoms with van der Waals surface area (Å²) in [6, 6.07) is 3.16. The number of rotatable bonds is 3. The Morgan fingerprint density at radius 2 is 2.11 bits per heavy atom. The van der Waals surface area contributed by atoms with Gasteiger partial charge < -0.3 is 10.1 Å². The topological polar surface area (TPSA) is 38.3 Å². The fraction of sp³-hybridized carbons (Fsp3) is 0.417. The highest BCUT2D eigenvalue weighted by molar-refractivity contribution is 6.32. The Labute approximate surface area is 112 Å². The number of carbonyl (C=O) groups excluding carboxylic acids is 1. The van der Waals surface area contributed by atoms with Crippen molar-refractivity contribution in [3.8, 4) is 5.75 Å². The van der Waals surface area contributed by atoms with Gasteiger partial charge in [-0.15, -0.1) is 0 Å². The molecular weight excluding hydrogens is 283 g/mol. The molecule has 1 aliphatic rings. The summed E-state index contributed by atoms with van der Waals surface area (Å²) >= 11 is 5.97. The minimum absolute atomic E-state index is 0.0204. The predicted octanol–water partition coefficient (Wildman–Crippen LogP) is 3.56. The Balaban J connectivity index is 2.08. The fourth-order valence-electron chi connectivity index (χ4n) is 1.85. The second kappa shape index (κ2) is 5.28. The molecule has 0 fully saturated rings. The molecule has 0 saturated heterocycles. The highest BCUT2D eigenvalue weighted by atomic mass is 35.5. The number of halogens is 4. The molecule has 3 nitrogen and oxygen atoms in total. The number of ether oxygens (including phenoxy) is 1. The summed E-state index contributed by atoms with van der Waals surface area (Å²) in [5.74, 6) is 0.0526. The van der Waals surface area contributed by atoms with Gasteiger partial charge in [0.25, 0.3) is 5.91 Å². The molecule has 0 spiro atoms. The van der Waals surface area contributed by atoms with Crippen LogP contribution < -0.4 is 10.1 Å². The van der Waals surface area contributed by atoms with Crippen LogP contribution in [0.1, 0.15) is 18.4 Å².